The minimum absolute atomic E-state index is 0.0195. The second-order valence-corrected chi connectivity index (χ2v) is 11.9. The Balaban J connectivity index is 1.75. The van der Waals surface area contributed by atoms with Crippen molar-refractivity contribution < 1.29 is 26.9 Å². The Hall–Kier alpha value is -1.70. The zero-order valence-corrected chi connectivity index (χ0v) is 19.8. The van der Waals surface area contributed by atoms with Crippen LogP contribution in [0.4, 0.5) is 0 Å². The predicted octanol–water partition coefficient (Wildman–Crippen LogP) is 3.99. The lowest BCUT2D eigenvalue weighted by Gasteiger charge is -2.67. The second-order valence-electron chi connectivity index (χ2n) is 10.4. The molecule has 0 N–H and O–H groups in total. The molecule has 1 saturated heterocycles. The van der Waals surface area contributed by atoms with Crippen LogP contribution >= 0.6 is 0 Å². The number of ketones is 1. The molecule has 1 aromatic carbocycles. The molecule has 2 saturated carbocycles. The van der Waals surface area contributed by atoms with Crippen LogP contribution in [0.1, 0.15) is 46.1 Å². The van der Waals surface area contributed by atoms with E-state index in [1.807, 2.05) is 19.9 Å². The van der Waals surface area contributed by atoms with Crippen molar-refractivity contribution >= 4 is 15.9 Å². The number of hydrogen-bond acceptors (Lipinski definition) is 6. The normalized spacial score (nSPS) is 45.5. The molecule has 6 nitrogen and oxygen atoms in total. The van der Waals surface area contributed by atoms with E-state index in [1.54, 1.807) is 24.3 Å². The summed E-state index contributed by atoms with van der Waals surface area (Å²) in [6, 6.07) is 6.56. The van der Waals surface area contributed by atoms with E-state index >= 15 is 0 Å². The van der Waals surface area contributed by atoms with Gasteiger partial charge in [0.1, 0.15) is 10.7 Å². The van der Waals surface area contributed by atoms with Gasteiger partial charge in [-0.3, -0.25) is 4.79 Å². The minimum Gasteiger partial charge on any atom is -0.383 e. The third-order valence-corrected chi connectivity index (χ3v) is 10.9. The first kappa shape index (κ1) is 21.2. The number of carbonyl (C=O) groups is 1. The Bertz CT molecular complexity index is 1120. The fourth-order valence-electron chi connectivity index (χ4n) is 7.35. The monoisotopic (exact) mass is 446 g/mol. The minimum atomic E-state index is -4.10. The van der Waals surface area contributed by atoms with Gasteiger partial charge in [-0.1, -0.05) is 38.5 Å². The van der Waals surface area contributed by atoms with Crippen LogP contribution < -0.4 is 0 Å². The van der Waals surface area contributed by atoms with E-state index < -0.39 is 32.2 Å². The van der Waals surface area contributed by atoms with Crippen LogP contribution in [-0.4, -0.2) is 33.7 Å². The van der Waals surface area contributed by atoms with Crippen molar-refractivity contribution in [2.45, 2.75) is 58.1 Å². The molecule has 168 valence electrons. The number of carbonyl (C=O) groups excluding carboxylic acids is 1. The van der Waals surface area contributed by atoms with Gasteiger partial charge < -0.3 is 13.7 Å². The standard InChI is InChI=1S/C24H30O6S/c1-15-7-9-17(10-8-15)31(26,27)30-18-13-23-16(2)11-12-20(23,3)21(4)14-29-24(28-6,19(23)25)22(18,21)5/h7-10,13,16H,11-12,14H2,1-6H3/t16-,20?,21?,22?,23?,24?/m0/s1. The molecule has 1 aliphatic heterocycles. The Kier molecular flexibility index (Phi) is 3.96. The molecule has 5 unspecified atom stereocenters. The van der Waals surface area contributed by atoms with Crippen molar-refractivity contribution in [2.75, 3.05) is 13.7 Å². The zero-order chi connectivity index (χ0) is 22.7. The van der Waals surface area contributed by atoms with Crippen molar-refractivity contribution in [3.8, 4) is 0 Å². The van der Waals surface area contributed by atoms with Crippen LogP contribution in [0.25, 0.3) is 0 Å². The van der Waals surface area contributed by atoms with Gasteiger partial charge in [-0.05, 0) is 56.2 Å². The smallest absolute Gasteiger partial charge is 0.338 e. The molecule has 4 aliphatic carbocycles. The summed E-state index contributed by atoms with van der Waals surface area (Å²) in [5, 5.41) is 0. The fourth-order valence-corrected chi connectivity index (χ4v) is 8.37. The van der Waals surface area contributed by atoms with Crippen LogP contribution in [0.5, 0.6) is 0 Å². The SMILES string of the molecule is COC12OCC3(C)C4(C)CC[C@H](C)C4(C=C(OS(=O)(=O)c4ccc(C)cc4)C13C)C2=O. The van der Waals surface area contributed by atoms with Gasteiger partial charge in [0.15, 0.2) is 0 Å². The molecule has 0 aromatic heterocycles. The molecular weight excluding hydrogens is 416 g/mol. The molecular formula is C24H30O6S. The number of allylic oxidation sites excluding steroid dienone is 1. The first-order valence-electron chi connectivity index (χ1n) is 10.8. The summed E-state index contributed by atoms with van der Waals surface area (Å²) < 4.78 is 44.5. The molecule has 6 rings (SSSR count). The van der Waals surface area contributed by atoms with E-state index in [4.69, 9.17) is 13.7 Å². The van der Waals surface area contributed by atoms with Gasteiger partial charge in [0.25, 0.3) is 0 Å². The second kappa shape index (κ2) is 5.80. The molecule has 1 heterocycles. The van der Waals surface area contributed by atoms with Crippen molar-refractivity contribution in [3.63, 3.8) is 0 Å². The largest absolute Gasteiger partial charge is 0.383 e. The maximum Gasteiger partial charge on any atom is 0.338 e. The Morgan fingerprint density at radius 2 is 1.74 bits per heavy atom. The van der Waals surface area contributed by atoms with E-state index in [0.29, 0.717) is 6.61 Å². The maximum atomic E-state index is 14.1. The Morgan fingerprint density at radius 1 is 1.10 bits per heavy atom. The number of rotatable bonds is 4. The van der Waals surface area contributed by atoms with E-state index in [-0.39, 0.29) is 27.8 Å². The van der Waals surface area contributed by atoms with Crippen LogP contribution in [-0.2, 0) is 28.6 Å². The Labute approximate surface area is 184 Å². The highest BCUT2D eigenvalue weighted by Gasteiger charge is 2.89. The lowest BCUT2D eigenvalue weighted by Crippen LogP contribution is -2.76. The molecule has 1 spiro atoms. The van der Waals surface area contributed by atoms with E-state index in [1.165, 1.54) is 7.11 Å². The highest BCUT2D eigenvalue weighted by atomic mass is 32.2. The molecule has 4 bridgehead atoms. The van der Waals surface area contributed by atoms with Gasteiger partial charge in [-0.2, -0.15) is 8.42 Å². The number of benzene rings is 1. The average molecular weight is 447 g/mol. The average Bonchev–Trinajstić information content (AvgIpc) is 3.12. The predicted molar refractivity (Wildman–Crippen MR) is 113 cm³/mol. The van der Waals surface area contributed by atoms with Gasteiger partial charge in [0.05, 0.1) is 17.4 Å². The van der Waals surface area contributed by atoms with Crippen molar-refractivity contribution in [1.29, 1.82) is 0 Å². The molecule has 7 heteroatoms. The van der Waals surface area contributed by atoms with E-state index in [2.05, 4.69) is 20.8 Å². The topological polar surface area (TPSA) is 78.9 Å². The molecule has 31 heavy (non-hydrogen) atoms. The molecule has 3 fully saturated rings. The summed E-state index contributed by atoms with van der Waals surface area (Å²) in [4.78, 5) is 14.2. The summed E-state index contributed by atoms with van der Waals surface area (Å²) in [6.07, 6.45) is 3.55. The van der Waals surface area contributed by atoms with Crippen LogP contribution in [0.15, 0.2) is 41.0 Å². The molecule has 6 atom stereocenters. The lowest BCUT2D eigenvalue weighted by atomic mass is 9.34. The number of methoxy groups -OCH3 is 1. The van der Waals surface area contributed by atoms with E-state index in [9.17, 15) is 13.2 Å². The highest BCUT2D eigenvalue weighted by Crippen LogP contribution is 2.83. The summed E-state index contributed by atoms with van der Waals surface area (Å²) >= 11 is 0. The molecule has 0 amide bonds. The van der Waals surface area contributed by atoms with Crippen molar-refractivity contribution in [1.82, 2.24) is 0 Å². The number of aryl methyl sites for hydroxylation is 1. The Morgan fingerprint density at radius 3 is 2.35 bits per heavy atom. The fraction of sp³-hybridized carbons (Fsp3) is 0.625. The summed E-state index contributed by atoms with van der Waals surface area (Å²) in [5.41, 5.74) is -1.95. The highest BCUT2D eigenvalue weighted by molar-refractivity contribution is 7.86. The van der Waals surface area contributed by atoms with Gasteiger partial charge in [0.2, 0.25) is 11.6 Å². The quantitative estimate of drug-likeness (QED) is 0.651. The number of hydrogen-bond donors (Lipinski definition) is 0. The van der Waals surface area contributed by atoms with Crippen molar-refractivity contribution in [3.05, 3.63) is 41.7 Å². The van der Waals surface area contributed by atoms with Gasteiger partial charge >= 0.3 is 10.1 Å². The van der Waals surface area contributed by atoms with Crippen LogP contribution in [0.2, 0.25) is 0 Å². The van der Waals surface area contributed by atoms with Gasteiger partial charge in [0, 0.05) is 12.5 Å². The van der Waals surface area contributed by atoms with E-state index in [0.717, 1.165) is 18.4 Å². The number of ether oxygens (including phenoxy) is 2. The first-order chi connectivity index (χ1) is 14.4. The van der Waals surface area contributed by atoms with Gasteiger partial charge in [-0.15, -0.1) is 0 Å². The number of Topliss-reactive ketones (excluding diaryl/α,β-unsaturated/α-hetero) is 1. The molecule has 1 aromatic rings. The maximum absolute atomic E-state index is 14.1. The molecule has 5 aliphatic rings. The first-order valence-corrected chi connectivity index (χ1v) is 12.3. The lowest BCUT2D eigenvalue weighted by molar-refractivity contribution is -0.269. The molecule has 0 radical (unpaired) electrons. The van der Waals surface area contributed by atoms with Crippen LogP contribution in [0, 0.1) is 34.5 Å². The summed E-state index contributed by atoms with van der Waals surface area (Å²) in [7, 11) is -2.63. The third-order valence-electron chi connectivity index (χ3n) is 9.63. The van der Waals surface area contributed by atoms with Crippen molar-refractivity contribution in [2.24, 2.45) is 27.6 Å². The summed E-state index contributed by atoms with van der Waals surface area (Å²) in [6.45, 7) is 10.4. The summed E-state index contributed by atoms with van der Waals surface area (Å²) in [5.74, 6) is -1.38. The zero-order valence-electron chi connectivity index (χ0n) is 18.9. The third kappa shape index (κ3) is 1.95. The van der Waals surface area contributed by atoms with Gasteiger partial charge in [-0.25, -0.2) is 0 Å². The van der Waals surface area contributed by atoms with Crippen LogP contribution in [0.3, 0.4) is 0 Å².